The molecule has 19 heavy (non-hydrogen) atoms. The zero-order chi connectivity index (χ0) is 14.5. The van der Waals surface area contributed by atoms with Gasteiger partial charge < -0.3 is 10.1 Å². The van der Waals surface area contributed by atoms with Gasteiger partial charge in [0, 0.05) is 18.8 Å². The van der Waals surface area contributed by atoms with Crippen molar-refractivity contribution in [3.8, 4) is 0 Å². The van der Waals surface area contributed by atoms with Gasteiger partial charge in [-0.15, -0.1) is 0 Å². The first-order valence-corrected chi connectivity index (χ1v) is 8.16. The van der Waals surface area contributed by atoms with Crippen LogP contribution in [0.15, 0.2) is 29.2 Å². The minimum atomic E-state index is -3.12. The number of ether oxygens (including phenoxy) is 1. The molecule has 0 heterocycles. The molecule has 0 aliphatic heterocycles. The van der Waals surface area contributed by atoms with Crippen LogP contribution in [0.3, 0.4) is 0 Å². The highest BCUT2D eigenvalue weighted by Crippen LogP contribution is 2.17. The third-order valence-corrected chi connectivity index (χ3v) is 4.60. The van der Waals surface area contributed by atoms with Crippen molar-refractivity contribution < 1.29 is 13.2 Å². The molecule has 0 spiro atoms. The summed E-state index contributed by atoms with van der Waals surface area (Å²) in [5, 5.41) is 3.25. The van der Waals surface area contributed by atoms with E-state index in [2.05, 4.69) is 5.32 Å². The van der Waals surface area contributed by atoms with E-state index in [9.17, 15) is 8.42 Å². The number of anilines is 1. The average molecular weight is 285 g/mol. The van der Waals surface area contributed by atoms with Crippen molar-refractivity contribution in [3.63, 3.8) is 0 Å². The maximum atomic E-state index is 11.7. The molecule has 0 atom stereocenters. The Morgan fingerprint density at radius 1 is 1.16 bits per heavy atom. The molecular weight excluding hydrogens is 262 g/mol. The van der Waals surface area contributed by atoms with Crippen molar-refractivity contribution in [2.75, 3.05) is 24.2 Å². The summed E-state index contributed by atoms with van der Waals surface area (Å²) in [6, 6.07) is 6.83. The number of hydrogen-bond donors (Lipinski definition) is 1. The van der Waals surface area contributed by atoms with E-state index in [1.54, 1.807) is 31.2 Å². The number of benzene rings is 1. The molecule has 4 nitrogen and oxygen atoms in total. The van der Waals surface area contributed by atoms with E-state index >= 15 is 0 Å². The largest absolute Gasteiger partial charge is 0.382 e. The molecule has 0 aliphatic carbocycles. The van der Waals surface area contributed by atoms with Gasteiger partial charge in [0.05, 0.1) is 16.2 Å². The number of nitrogens with one attached hydrogen (secondary N) is 1. The third-order valence-electron chi connectivity index (χ3n) is 2.85. The lowest BCUT2D eigenvalue weighted by molar-refractivity contribution is 0.000697. The highest BCUT2D eigenvalue weighted by atomic mass is 32.2. The second-order valence-electron chi connectivity index (χ2n) is 4.97. The van der Waals surface area contributed by atoms with Gasteiger partial charge in [-0.1, -0.05) is 6.92 Å². The van der Waals surface area contributed by atoms with Crippen LogP contribution in [0.1, 0.15) is 27.7 Å². The van der Waals surface area contributed by atoms with Crippen LogP contribution in [-0.4, -0.2) is 32.9 Å². The van der Waals surface area contributed by atoms with Gasteiger partial charge in [0.25, 0.3) is 0 Å². The Hall–Kier alpha value is -1.07. The van der Waals surface area contributed by atoms with Crippen LogP contribution < -0.4 is 5.32 Å². The van der Waals surface area contributed by atoms with E-state index in [1.165, 1.54) is 0 Å². The Balaban J connectivity index is 2.68. The molecule has 0 radical (unpaired) electrons. The first kappa shape index (κ1) is 16.0. The Morgan fingerprint density at radius 3 is 2.21 bits per heavy atom. The van der Waals surface area contributed by atoms with Crippen molar-refractivity contribution in [1.82, 2.24) is 0 Å². The van der Waals surface area contributed by atoms with Crippen molar-refractivity contribution >= 4 is 15.5 Å². The maximum absolute atomic E-state index is 11.7. The highest BCUT2D eigenvalue weighted by Gasteiger charge is 2.17. The Kier molecular flexibility index (Phi) is 5.38. The Morgan fingerprint density at radius 2 is 1.74 bits per heavy atom. The smallest absolute Gasteiger partial charge is 0.178 e. The summed E-state index contributed by atoms with van der Waals surface area (Å²) in [7, 11) is -3.12. The summed E-state index contributed by atoms with van der Waals surface area (Å²) in [5.41, 5.74) is 0.644. The van der Waals surface area contributed by atoms with Gasteiger partial charge in [0.15, 0.2) is 9.84 Å². The molecule has 1 N–H and O–H groups in total. The van der Waals surface area contributed by atoms with Crippen LogP contribution in [0.4, 0.5) is 5.69 Å². The van der Waals surface area contributed by atoms with Gasteiger partial charge in [-0.2, -0.15) is 0 Å². The molecule has 0 aromatic heterocycles. The zero-order valence-electron chi connectivity index (χ0n) is 12.1. The van der Waals surface area contributed by atoms with E-state index < -0.39 is 9.84 Å². The van der Waals surface area contributed by atoms with Crippen molar-refractivity contribution in [2.24, 2.45) is 0 Å². The molecule has 0 unspecified atom stereocenters. The highest BCUT2D eigenvalue weighted by molar-refractivity contribution is 7.91. The predicted octanol–water partition coefficient (Wildman–Crippen LogP) is 2.71. The second-order valence-corrected chi connectivity index (χ2v) is 7.25. The summed E-state index contributed by atoms with van der Waals surface area (Å²) in [6.45, 7) is 8.97. The van der Waals surface area contributed by atoms with Crippen LogP contribution in [0.5, 0.6) is 0 Å². The number of sulfone groups is 1. The van der Waals surface area contributed by atoms with E-state index in [1.807, 2.05) is 20.8 Å². The summed E-state index contributed by atoms with van der Waals surface area (Å²) < 4.78 is 28.9. The fraction of sp³-hybridized carbons (Fsp3) is 0.571. The Labute approximate surface area is 116 Å². The molecule has 0 aliphatic rings. The predicted molar refractivity (Wildman–Crippen MR) is 78.4 cm³/mol. The lowest BCUT2D eigenvalue weighted by Crippen LogP contribution is -2.33. The van der Waals surface area contributed by atoms with Gasteiger partial charge in [-0.3, -0.25) is 0 Å². The monoisotopic (exact) mass is 285 g/mol. The van der Waals surface area contributed by atoms with Crippen LogP contribution in [0.25, 0.3) is 0 Å². The minimum Gasteiger partial charge on any atom is -0.382 e. The zero-order valence-corrected chi connectivity index (χ0v) is 12.9. The normalized spacial score (nSPS) is 12.4. The maximum Gasteiger partial charge on any atom is 0.178 e. The van der Waals surface area contributed by atoms with Crippen molar-refractivity contribution in [3.05, 3.63) is 24.3 Å². The molecule has 1 aromatic carbocycles. The SMILES string of the molecule is CCOC(C)(C)CNc1ccc(S(=O)(=O)CC)cc1. The molecule has 0 fully saturated rings. The van der Waals surface area contributed by atoms with Crippen LogP contribution in [0.2, 0.25) is 0 Å². The molecule has 1 aromatic rings. The van der Waals surface area contributed by atoms with Gasteiger partial charge in [-0.05, 0) is 45.0 Å². The third kappa shape index (κ3) is 4.84. The fourth-order valence-corrected chi connectivity index (χ4v) is 2.59. The second kappa shape index (κ2) is 6.39. The number of rotatable bonds is 7. The lowest BCUT2D eigenvalue weighted by atomic mass is 10.1. The molecule has 0 saturated heterocycles. The van der Waals surface area contributed by atoms with Gasteiger partial charge in [0.1, 0.15) is 0 Å². The molecule has 0 saturated carbocycles. The summed E-state index contributed by atoms with van der Waals surface area (Å²) >= 11 is 0. The number of hydrogen-bond acceptors (Lipinski definition) is 4. The summed E-state index contributed by atoms with van der Waals surface area (Å²) in [5.74, 6) is 0.122. The quantitative estimate of drug-likeness (QED) is 0.837. The molecule has 1 rings (SSSR count). The van der Waals surface area contributed by atoms with Crippen LogP contribution in [0, 0.1) is 0 Å². The lowest BCUT2D eigenvalue weighted by Gasteiger charge is -2.25. The first-order valence-electron chi connectivity index (χ1n) is 6.51. The van der Waals surface area contributed by atoms with E-state index in [0.29, 0.717) is 18.0 Å². The average Bonchev–Trinajstić information content (AvgIpc) is 2.37. The molecule has 0 amide bonds. The van der Waals surface area contributed by atoms with E-state index in [0.717, 1.165) is 5.69 Å². The fourth-order valence-electron chi connectivity index (χ4n) is 1.70. The molecule has 0 bridgehead atoms. The van der Waals surface area contributed by atoms with Crippen molar-refractivity contribution in [1.29, 1.82) is 0 Å². The van der Waals surface area contributed by atoms with Gasteiger partial charge in [-0.25, -0.2) is 8.42 Å². The topological polar surface area (TPSA) is 55.4 Å². The standard InChI is InChI=1S/C14H23NO3S/c1-5-18-14(3,4)11-15-12-7-9-13(10-8-12)19(16,17)6-2/h7-10,15H,5-6,11H2,1-4H3. The minimum absolute atomic E-state index is 0.122. The molecule has 108 valence electrons. The van der Waals surface area contributed by atoms with Crippen molar-refractivity contribution in [2.45, 2.75) is 38.2 Å². The van der Waals surface area contributed by atoms with Gasteiger partial charge in [0.2, 0.25) is 0 Å². The van der Waals surface area contributed by atoms with Crippen LogP contribution >= 0.6 is 0 Å². The molecular formula is C14H23NO3S. The van der Waals surface area contributed by atoms with E-state index in [4.69, 9.17) is 4.74 Å². The first-order chi connectivity index (χ1) is 8.80. The Bertz CT molecular complexity index is 492. The summed E-state index contributed by atoms with van der Waals surface area (Å²) in [6.07, 6.45) is 0. The van der Waals surface area contributed by atoms with Gasteiger partial charge >= 0.3 is 0 Å². The molecule has 5 heteroatoms. The van der Waals surface area contributed by atoms with Crippen LogP contribution in [-0.2, 0) is 14.6 Å². The summed E-state index contributed by atoms with van der Waals surface area (Å²) in [4.78, 5) is 0.365. The van der Waals surface area contributed by atoms with E-state index in [-0.39, 0.29) is 11.4 Å².